The van der Waals surface area contributed by atoms with Crippen LogP contribution in [0.1, 0.15) is 16.7 Å². The molecule has 3 amide bonds. The number of rotatable bonds is 8. The topological polar surface area (TPSA) is 101 Å². The van der Waals surface area contributed by atoms with Crippen LogP contribution in [0.5, 0.6) is 11.5 Å². The van der Waals surface area contributed by atoms with Crippen molar-refractivity contribution in [2.75, 3.05) is 24.4 Å². The molecule has 0 atom stereocenters. The van der Waals surface area contributed by atoms with Crippen molar-refractivity contribution in [3.63, 3.8) is 0 Å². The minimum atomic E-state index is -0.481. The predicted octanol–water partition coefficient (Wildman–Crippen LogP) is 6.01. The fourth-order valence-electron chi connectivity index (χ4n) is 2.94. The van der Waals surface area contributed by atoms with Crippen LogP contribution in [0.25, 0.3) is 0 Å². The molecule has 182 valence electrons. The number of hydrogen-bond donors (Lipinski definition) is 3. The van der Waals surface area contributed by atoms with Crippen LogP contribution in [0.2, 0.25) is 0 Å². The Hall–Kier alpha value is -3.37. The molecule has 3 aromatic rings. The van der Waals surface area contributed by atoms with Crippen LogP contribution in [0, 0.1) is 13.8 Å². The second-order valence-electron chi connectivity index (χ2n) is 7.52. The van der Waals surface area contributed by atoms with E-state index in [0.717, 1.165) is 15.6 Å². The predicted molar refractivity (Wildman–Crippen MR) is 145 cm³/mol. The molecule has 3 aromatic carbocycles. The number of urea groups is 1. The molecule has 0 heterocycles. The average molecular weight is 604 g/mol. The minimum Gasteiger partial charge on any atom is -0.493 e. The lowest BCUT2D eigenvalue weighted by Crippen LogP contribution is -2.24. The quantitative estimate of drug-likeness (QED) is 0.217. The number of halogens is 2. The van der Waals surface area contributed by atoms with Crippen LogP contribution in [0.15, 0.2) is 68.6 Å². The molecule has 0 aliphatic carbocycles. The van der Waals surface area contributed by atoms with Gasteiger partial charge in [0.15, 0.2) is 18.1 Å². The highest BCUT2D eigenvalue weighted by Gasteiger charge is 2.12. The van der Waals surface area contributed by atoms with Crippen LogP contribution >= 0.6 is 31.9 Å². The number of carbonyl (C=O) groups excluding carboxylic acids is 2. The van der Waals surface area contributed by atoms with Gasteiger partial charge in [-0.2, -0.15) is 5.10 Å². The van der Waals surface area contributed by atoms with Crippen LogP contribution < -0.4 is 25.5 Å². The summed E-state index contributed by atoms with van der Waals surface area (Å²) in [6, 6.07) is 15.8. The third-order valence-electron chi connectivity index (χ3n) is 4.76. The summed E-state index contributed by atoms with van der Waals surface area (Å²) in [6.45, 7) is 3.71. The normalized spacial score (nSPS) is 10.7. The second kappa shape index (κ2) is 12.4. The lowest BCUT2D eigenvalue weighted by atomic mass is 10.2. The van der Waals surface area contributed by atoms with Gasteiger partial charge in [0.25, 0.3) is 5.91 Å². The van der Waals surface area contributed by atoms with Crippen LogP contribution in [-0.2, 0) is 4.79 Å². The Morgan fingerprint density at radius 1 is 0.914 bits per heavy atom. The SMILES string of the molecule is COc1cc(/C=N/NC(=O)Nc2ccc(Br)c(C)c2)c(Br)cc1OCC(=O)Nc1ccc(C)cc1. The Bertz CT molecular complexity index is 1250. The Balaban J connectivity index is 1.58. The fraction of sp³-hybridized carbons (Fsp3) is 0.160. The largest absolute Gasteiger partial charge is 0.493 e. The highest BCUT2D eigenvalue weighted by Crippen LogP contribution is 2.33. The summed E-state index contributed by atoms with van der Waals surface area (Å²) in [7, 11) is 1.50. The molecule has 0 aliphatic heterocycles. The Kier molecular flexibility index (Phi) is 9.27. The third-order valence-corrected chi connectivity index (χ3v) is 6.34. The van der Waals surface area contributed by atoms with Crippen molar-refractivity contribution in [1.29, 1.82) is 0 Å². The number of aryl methyl sites for hydroxylation is 2. The van der Waals surface area contributed by atoms with E-state index in [1.165, 1.54) is 13.3 Å². The Morgan fingerprint density at radius 2 is 1.63 bits per heavy atom. The van der Waals surface area contributed by atoms with Gasteiger partial charge >= 0.3 is 6.03 Å². The zero-order chi connectivity index (χ0) is 25.4. The number of hydrazone groups is 1. The van der Waals surface area contributed by atoms with Gasteiger partial charge in [0.2, 0.25) is 0 Å². The maximum atomic E-state index is 12.2. The van der Waals surface area contributed by atoms with Gasteiger partial charge in [-0.25, -0.2) is 10.2 Å². The third kappa shape index (κ3) is 7.83. The highest BCUT2D eigenvalue weighted by molar-refractivity contribution is 9.10. The van der Waals surface area contributed by atoms with Crippen LogP contribution in [0.4, 0.5) is 16.2 Å². The van der Waals surface area contributed by atoms with Crippen molar-refractivity contribution in [2.24, 2.45) is 5.10 Å². The van der Waals surface area contributed by atoms with Gasteiger partial charge in [0.1, 0.15) is 0 Å². The first kappa shape index (κ1) is 26.2. The molecule has 10 heteroatoms. The van der Waals surface area contributed by atoms with Crippen molar-refractivity contribution in [3.05, 3.63) is 80.2 Å². The smallest absolute Gasteiger partial charge is 0.339 e. The van der Waals surface area contributed by atoms with Gasteiger partial charge in [0.05, 0.1) is 13.3 Å². The molecule has 0 fully saturated rings. The van der Waals surface area contributed by atoms with E-state index in [-0.39, 0.29) is 12.5 Å². The van der Waals surface area contributed by atoms with Crippen LogP contribution in [-0.4, -0.2) is 31.9 Å². The Morgan fingerprint density at radius 3 is 2.31 bits per heavy atom. The molecule has 0 bridgehead atoms. The maximum absolute atomic E-state index is 12.2. The first-order valence-corrected chi connectivity index (χ1v) is 12.1. The van der Waals surface area contributed by atoms with E-state index in [9.17, 15) is 9.59 Å². The molecule has 3 N–H and O–H groups in total. The zero-order valence-electron chi connectivity index (χ0n) is 19.3. The summed E-state index contributed by atoms with van der Waals surface area (Å²) in [5, 5.41) is 9.47. The molecular weight excluding hydrogens is 580 g/mol. The standard InChI is InChI=1S/C25H24Br2N4O4/c1-15-4-6-18(7-5-15)29-24(32)14-35-23-12-21(27)17(11-22(23)34-3)13-28-31-25(33)30-19-8-9-20(26)16(2)10-19/h4-13H,14H2,1-3H3,(H,29,32)(H2,30,31,33)/b28-13+. The number of hydrogen-bond acceptors (Lipinski definition) is 5. The molecular formula is C25H24Br2N4O4. The monoisotopic (exact) mass is 602 g/mol. The molecule has 0 unspecified atom stereocenters. The van der Waals surface area contributed by atoms with Crippen molar-refractivity contribution in [3.8, 4) is 11.5 Å². The van der Waals surface area contributed by atoms with Gasteiger partial charge in [0, 0.05) is 25.9 Å². The van der Waals surface area contributed by atoms with Gasteiger partial charge < -0.3 is 20.1 Å². The van der Waals surface area contributed by atoms with Gasteiger partial charge in [-0.1, -0.05) is 33.6 Å². The van der Waals surface area contributed by atoms with E-state index >= 15 is 0 Å². The van der Waals surface area contributed by atoms with E-state index in [0.29, 0.717) is 32.9 Å². The summed E-state index contributed by atoms with van der Waals surface area (Å²) < 4.78 is 12.6. The molecule has 0 spiro atoms. The minimum absolute atomic E-state index is 0.193. The van der Waals surface area contributed by atoms with Gasteiger partial charge in [-0.05, 0) is 77.8 Å². The summed E-state index contributed by atoms with van der Waals surface area (Å²) in [5.74, 6) is 0.494. The number of nitrogens with one attached hydrogen (secondary N) is 3. The molecule has 0 radical (unpaired) electrons. The molecule has 3 rings (SSSR count). The van der Waals surface area contributed by atoms with Crippen molar-refractivity contribution >= 4 is 61.4 Å². The zero-order valence-corrected chi connectivity index (χ0v) is 22.5. The number of nitrogens with zero attached hydrogens (tertiary/aromatic N) is 1. The number of benzene rings is 3. The first-order chi connectivity index (χ1) is 16.7. The Labute approximate surface area is 220 Å². The van der Waals surface area contributed by atoms with E-state index in [1.807, 2.05) is 50.2 Å². The maximum Gasteiger partial charge on any atom is 0.339 e. The summed E-state index contributed by atoms with van der Waals surface area (Å²) in [4.78, 5) is 24.4. The lowest BCUT2D eigenvalue weighted by Gasteiger charge is -2.13. The number of anilines is 2. The molecule has 0 aromatic heterocycles. The average Bonchev–Trinajstić information content (AvgIpc) is 2.82. The highest BCUT2D eigenvalue weighted by atomic mass is 79.9. The van der Waals surface area contributed by atoms with Crippen molar-refractivity contribution in [2.45, 2.75) is 13.8 Å². The summed E-state index contributed by atoms with van der Waals surface area (Å²) in [5.41, 5.74) is 6.50. The molecule has 0 aliphatic rings. The lowest BCUT2D eigenvalue weighted by molar-refractivity contribution is -0.118. The van der Waals surface area contributed by atoms with Gasteiger partial charge in [-0.15, -0.1) is 0 Å². The van der Waals surface area contributed by atoms with Crippen LogP contribution in [0.3, 0.4) is 0 Å². The first-order valence-electron chi connectivity index (χ1n) is 10.5. The summed E-state index contributed by atoms with van der Waals surface area (Å²) in [6.07, 6.45) is 1.47. The fourth-order valence-corrected chi connectivity index (χ4v) is 3.61. The number of ether oxygens (including phenoxy) is 2. The molecule has 0 saturated heterocycles. The number of methoxy groups -OCH3 is 1. The molecule has 8 nitrogen and oxygen atoms in total. The van der Waals surface area contributed by atoms with E-state index in [1.54, 1.807) is 18.2 Å². The number of carbonyl (C=O) groups is 2. The second-order valence-corrected chi connectivity index (χ2v) is 9.22. The van der Waals surface area contributed by atoms with Gasteiger partial charge in [-0.3, -0.25) is 4.79 Å². The van der Waals surface area contributed by atoms with E-state index in [4.69, 9.17) is 9.47 Å². The molecule has 35 heavy (non-hydrogen) atoms. The summed E-state index contributed by atoms with van der Waals surface area (Å²) >= 11 is 6.88. The van der Waals surface area contributed by atoms with Crippen molar-refractivity contribution in [1.82, 2.24) is 5.43 Å². The van der Waals surface area contributed by atoms with E-state index in [2.05, 4.69) is 53.0 Å². The number of amides is 3. The van der Waals surface area contributed by atoms with Crippen molar-refractivity contribution < 1.29 is 19.1 Å². The molecule has 0 saturated carbocycles. The van der Waals surface area contributed by atoms with E-state index < -0.39 is 6.03 Å².